The fourth-order valence-electron chi connectivity index (χ4n) is 5.82. The quantitative estimate of drug-likeness (QED) is 0.420. The van der Waals surface area contributed by atoms with E-state index in [1.54, 1.807) is 42.5 Å². The molecule has 0 bridgehead atoms. The van der Waals surface area contributed by atoms with Gasteiger partial charge in [-0.1, -0.05) is 12.1 Å². The monoisotopic (exact) mass is 601 g/mol. The van der Waals surface area contributed by atoms with Gasteiger partial charge in [0.1, 0.15) is 11.9 Å². The number of amides is 1. The lowest BCUT2D eigenvalue weighted by Crippen LogP contribution is -2.45. The molecular weight excluding hydrogens is 568 g/mol. The molecule has 2 unspecified atom stereocenters. The van der Waals surface area contributed by atoms with Gasteiger partial charge in [0.25, 0.3) is 5.91 Å². The summed E-state index contributed by atoms with van der Waals surface area (Å²) in [5.74, 6) is -2.52. The number of ether oxygens (including phenoxy) is 1. The number of likely N-dealkylation sites (tertiary alicyclic amines) is 2. The van der Waals surface area contributed by atoms with Crippen LogP contribution in [0.1, 0.15) is 49.4 Å². The molecule has 10 nitrogen and oxygen atoms in total. The topological polar surface area (TPSA) is 124 Å². The van der Waals surface area contributed by atoms with Crippen molar-refractivity contribution in [3.8, 4) is 0 Å². The highest BCUT2D eigenvalue weighted by Crippen LogP contribution is 2.42. The summed E-state index contributed by atoms with van der Waals surface area (Å²) in [7, 11) is 0. The van der Waals surface area contributed by atoms with Crippen LogP contribution in [-0.2, 0) is 19.1 Å². The summed E-state index contributed by atoms with van der Waals surface area (Å²) < 4.78 is 36.4. The SMILES string of the molecule is CCOC(=O)C1=C(CN2CCC3(F)C(=O)N(CC(C)(C)C(=O)O)CC23)NC(c2nccs2)=N[C@H]1c1cccc(F)c1C. The van der Waals surface area contributed by atoms with E-state index in [4.69, 9.17) is 9.73 Å². The summed E-state index contributed by atoms with van der Waals surface area (Å²) in [4.78, 5) is 50.6. The maximum absolute atomic E-state index is 16.3. The van der Waals surface area contributed by atoms with Crippen molar-refractivity contribution in [2.45, 2.75) is 51.9 Å². The molecule has 0 spiro atoms. The zero-order chi connectivity index (χ0) is 30.4. The summed E-state index contributed by atoms with van der Waals surface area (Å²) in [6, 6.07) is 2.80. The van der Waals surface area contributed by atoms with Crippen LogP contribution in [0.2, 0.25) is 0 Å². The number of aliphatic carboxylic acids is 1. The van der Waals surface area contributed by atoms with Gasteiger partial charge in [-0.05, 0) is 44.9 Å². The predicted molar refractivity (Wildman–Crippen MR) is 151 cm³/mol. The van der Waals surface area contributed by atoms with Crippen molar-refractivity contribution in [1.29, 1.82) is 0 Å². The molecule has 0 aliphatic carbocycles. The smallest absolute Gasteiger partial charge is 0.338 e. The molecule has 2 aromatic rings. The third kappa shape index (κ3) is 5.19. The third-order valence-corrected chi connectivity index (χ3v) is 8.93. The van der Waals surface area contributed by atoms with E-state index in [2.05, 4.69) is 10.3 Å². The van der Waals surface area contributed by atoms with Crippen molar-refractivity contribution in [1.82, 2.24) is 20.1 Å². The Morgan fingerprint density at radius 1 is 1.33 bits per heavy atom. The van der Waals surface area contributed by atoms with Crippen LogP contribution in [0, 0.1) is 18.2 Å². The van der Waals surface area contributed by atoms with E-state index in [0.717, 1.165) is 0 Å². The molecule has 0 radical (unpaired) electrons. The number of aromatic nitrogens is 1. The van der Waals surface area contributed by atoms with E-state index in [0.29, 0.717) is 27.7 Å². The van der Waals surface area contributed by atoms with Crippen molar-refractivity contribution in [2.24, 2.45) is 10.4 Å². The van der Waals surface area contributed by atoms with Gasteiger partial charge in [-0.2, -0.15) is 0 Å². The number of nitrogens with zero attached hydrogens (tertiary/aromatic N) is 4. The Bertz CT molecular complexity index is 1480. The average Bonchev–Trinajstić information content (AvgIpc) is 3.64. The van der Waals surface area contributed by atoms with Crippen LogP contribution in [0.5, 0.6) is 0 Å². The number of hydrogen-bond acceptors (Lipinski definition) is 9. The highest BCUT2D eigenvalue weighted by atomic mass is 32.1. The molecule has 3 atom stereocenters. The first-order valence-electron chi connectivity index (χ1n) is 13.7. The Balaban J connectivity index is 1.54. The summed E-state index contributed by atoms with van der Waals surface area (Å²) in [6.07, 6.45) is 1.55. The normalized spacial score (nSPS) is 24.5. The van der Waals surface area contributed by atoms with E-state index >= 15 is 4.39 Å². The summed E-state index contributed by atoms with van der Waals surface area (Å²) in [5, 5.41) is 15.1. The highest BCUT2D eigenvalue weighted by molar-refractivity contribution is 7.11. The lowest BCUT2D eigenvalue weighted by Gasteiger charge is -2.32. The van der Waals surface area contributed by atoms with Crippen LogP contribution in [0.25, 0.3) is 0 Å². The molecule has 3 aliphatic heterocycles. The minimum Gasteiger partial charge on any atom is -0.481 e. The van der Waals surface area contributed by atoms with Crippen LogP contribution in [0.4, 0.5) is 8.78 Å². The maximum atomic E-state index is 16.3. The number of esters is 1. The number of hydrogen-bond donors (Lipinski definition) is 2. The van der Waals surface area contributed by atoms with E-state index in [1.165, 1.54) is 36.2 Å². The van der Waals surface area contributed by atoms with Gasteiger partial charge in [0.05, 0.1) is 23.6 Å². The number of carboxylic acids is 1. The van der Waals surface area contributed by atoms with Gasteiger partial charge in [-0.25, -0.2) is 18.6 Å². The largest absolute Gasteiger partial charge is 0.481 e. The molecule has 5 rings (SSSR count). The Labute approximate surface area is 246 Å². The lowest BCUT2D eigenvalue weighted by molar-refractivity contribution is -0.150. The van der Waals surface area contributed by atoms with Crippen LogP contribution < -0.4 is 5.32 Å². The van der Waals surface area contributed by atoms with Gasteiger partial charge in [0.15, 0.2) is 10.8 Å². The molecular formula is C29H33F2N5O5S. The number of rotatable bonds is 9. The molecule has 1 amide bonds. The molecule has 2 saturated heterocycles. The average molecular weight is 602 g/mol. The molecule has 13 heteroatoms. The fourth-order valence-corrected chi connectivity index (χ4v) is 6.41. The molecule has 1 aromatic heterocycles. The standard InChI is InChI=1S/C29H33F2N5O5S/c1-5-41-25(37)21-19(13-35-11-9-29(31)20(35)14-36(26(29)38)15-28(3,4)27(39)40)33-23(24-32-10-12-42-24)34-22(21)17-7-6-8-18(30)16(17)2/h6-8,10,12,20,22H,5,9,11,13-15H2,1-4H3,(H,33,34)(H,39,40)/t20?,22-,29?/m0/s1. The number of halogens is 2. The van der Waals surface area contributed by atoms with Crippen LogP contribution >= 0.6 is 11.3 Å². The van der Waals surface area contributed by atoms with Gasteiger partial charge in [-0.3, -0.25) is 19.5 Å². The number of aliphatic imine (C=N–C) groups is 1. The number of carbonyl (C=O) groups is 3. The Kier molecular flexibility index (Phi) is 7.92. The first kappa shape index (κ1) is 29.8. The maximum Gasteiger partial charge on any atom is 0.338 e. The minimum atomic E-state index is -2.18. The summed E-state index contributed by atoms with van der Waals surface area (Å²) in [5.41, 5.74) is -2.08. The Morgan fingerprint density at radius 3 is 2.76 bits per heavy atom. The zero-order valence-electron chi connectivity index (χ0n) is 23.8. The second-order valence-corrected chi connectivity index (χ2v) is 12.3. The number of nitrogens with one attached hydrogen (secondary N) is 1. The van der Waals surface area contributed by atoms with Gasteiger partial charge >= 0.3 is 11.9 Å². The number of carbonyl (C=O) groups excluding carboxylic acids is 2. The van der Waals surface area contributed by atoms with Crippen molar-refractivity contribution < 1.29 is 33.0 Å². The van der Waals surface area contributed by atoms with Crippen LogP contribution in [0.15, 0.2) is 46.0 Å². The molecule has 224 valence electrons. The Hall–Kier alpha value is -3.71. The molecule has 0 saturated carbocycles. The van der Waals surface area contributed by atoms with E-state index in [-0.39, 0.29) is 44.8 Å². The molecule has 2 fully saturated rings. The zero-order valence-corrected chi connectivity index (χ0v) is 24.6. The first-order valence-corrected chi connectivity index (χ1v) is 14.6. The number of benzene rings is 1. The van der Waals surface area contributed by atoms with Gasteiger partial charge in [0, 0.05) is 49.9 Å². The van der Waals surface area contributed by atoms with Gasteiger partial charge < -0.3 is 20.1 Å². The minimum absolute atomic E-state index is 0.00786. The van der Waals surface area contributed by atoms with Crippen molar-refractivity contribution in [2.75, 3.05) is 32.8 Å². The lowest BCUT2D eigenvalue weighted by atomic mass is 9.92. The predicted octanol–water partition coefficient (Wildman–Crippen LogP) is 3.23. The molecule has 4 heterocycles. The highest BCUT2D eigenvalue weighted by Gasteiger charge is 2.61. The Morgan fingerprint density at radius 2 is 2.10 bits per heavy atom. The molecule has 2 N–H and O–H groups in total. The fraction of sp³-hybridized carbons (Fsp3) is 0.483. The summed E-state index contributed by atoms with van der Waals surface area (Å²) in [6.45, 7) is 6.53. The molecule has 42 heavy (non-hydrogen) atoms. The van der Waals surface area contributed by atoms with E-state index < -0.39 is 46.8 Å². The van der Waals surface area contributed by atoms with Crippen LogP contribution in [-0.4, -0.2) is 88.1 Å². The molecule has 3 aliphatic rings. The van der Waals surface area contributed by atoms with Gasteiger partial charge in [-0.15, -0.1) is 11.3 Å². The van der Waals surface area contributed by atoms with Crippen molar-refractivity contribution in [3.05, 3.63) is 63.0 Å². The number of fused-ring (bicyclic) bond motifs is 1. The number of carboxylic acid groups (broad SMARTS) is 1. The molecule has 1 aromatic carbocycles. The second kappa shape index (κ2) is 11.2. The van der Waals surface area contributed by atoms with E-state index in [1.807, 2.05) is 0 Å². The second-order valence-electron chi connectivity index (χ2n) is 11.4. The third-order valence-electron chi connectivity index (χ3n) is 8.15. The number of thiazole rings is 1. The van der Waals surface area contributed by atoms with Gasteiger partial charge in [0.2, 0.25) is 5.67 Å². The van der Waals surface area contributed by atoms with E-state index in [9.17, 15) is 23.9 Å². The summed E-state index contributed by atoms with van der Waals surface area (Å²) >= 11 is 1.33. The van der Waals surface area contributed by atoms with Crippen molar-refractivity contribution in [3.63, 3.8) is 0 Å². The number of alkyl halides is 1. The van der Waals surface area contributed by atoms with Crippen molar-refractivity contribution >= 4 is 35.0 Å². The first-order chi connectivity index (χ1) is 19.9. The number of amidine groups is 1. The van der Waals surface area contributed by atoms with Crippen LogP contribution in [0.3, 0.4) is 0 Å².